The van der Waals surface area contributed by atoms with Crippen LogP contribution in [0.3, 0.4) is 0 Å². The molecule has 3 atom stereocenters. The van der Waals surface area contributed by atoms with Crippen molar-refractivity contribution in [2.24, 2.45) is 5.92 Å². The maximum Gasteiger partial charge on any atom is 0.303 e. The fourth-order valence-corrected chi connectivity index (χ4v) is 3.91. The van der Waals surface area contributed by atoms with Gasteiger partial charge in [0.2, 0.25) is 5.91 Å². The monoisotopic (exact) mass is 427 g/mol. The molecule has 1 aliphatic rings. The molecule has 0 spiro atoms. The zero-order valence-electron chi connectivity index (χ0n) is 18.7. The van der Waals surface area contributed by atoms with E-state index in [0.717, 1.165) is 32.1 Å². The number of nitrogens with zero attached hydrogens (tertiary/aromatic N) is 1. The zero-order chi connectivity index (χ0) is 22.5. The molecule has 1 aliphatic heterocycles. The molecule has 2 N–H and O–H groups in total. The molecule has 0 radical (unpaired) electrons. The summed E-state index contributed by atoms with van der Waals surface area (Å²) in [7, 11) is 0. The Morgan fingerprint density at radius 2 is 1.97 bits per heavy atom. The van der Waals surface area contributed by atoms with Crippen LogP contribution in [0.15, 0.2) is 54.6 Å². The second-order valence-corrected chi connectivity index (χ2v) is 8.49. The molecule has 5 nitrogen and oxygen atoms in total. The second-order valence-electron chi connectivity index (χ2n) is 8.49. The van der Waals surface area contributed by atoms with Crippen LogP contribution in [0.4, 0.5) is 0 Å². The number of aliphatic hydroxyl groups is 1. The molecule has 0 unspecified atom stereocenters. The van der Waals surface area contributed by atoms with Gasteiger partial charge < -0.3 is 15.1 Å². The van der Waals surface area contributed by atoms with E-state index in [1.54, 1.807) is 0 Å². The Morgan fingerprint density at radius 1 is 1.19 bits per heavy atom. The molecular formula is C26H37NO4. The van der Waals surface area contributed by atoms with Gasteiger partial charge >= 0.3 is 5.97 Å². The molecule has 0 aromatic heterocycles. The Kier molecular flexibility index (Phi) is 11.1. The number of hydrogen-bond donors (Lipinski definition) is 2. The Hall–Kier alpha value is -2.40. The number of aliphatic carboxylic acids is 1. The van der Waals surface area contributed by atoms with Crippen LogP contribution in [0.5, 0.6) is 0 Å². The van der Waals surface area contributed by atoms with Gasteiger partial charge in [-0.1, -0.05) is 68.0 Å². The summed E-state index contributed by atoms with van der Waals surface area (Å²) in [5, 5.41) is 19.2. The first-order valence-electron chi connectivity index (χ1n) is 11.5. The van der Waals surface area contributed by atoms with Crippen LogP contribution in [0, 0.1) is 5.92 Å². The molecule has 0 bridgehead atoms. The van der Waals surface area contributed by atoms with E-state index >= 15 is 0 Å². The number of aryl methyl sites for hydroxylation is 1. The smallest absolute Gasteiger partial charge is 0.303 e. The third-order valence-electron chi connectivity index (χ3n) is 5.94. The van der Waals surface area contributed by atoms with Gasteiger partial charge in [0.1, 0.15) is 0 Å². The Balaban J connectivity index is 1.70. The summed E-state index contributed by atoms with van der Waals surface area (Å²) in [6, 6.07) is 10.5. The van der Waals surface area contributed by atoms with E-state index in [-0.39, 0.29) is 24.3 Å². The maximum atomic E-state index is 12.2. The molecule has 1 fully saturated rings. The predicted molar refractivity (Wildman–Crippen MR) is 124 cm³/mol. The molecule has 31 heavy (non-hydrogen) atoms. The van der Waals surface area contributed by atoms with Gasteiger partial charge in [0, 0.05) is 19.4 Å². The summed E-state index contributed by atoms with van der Waals surface area (Å²) in [6.07, 6.45) is 14.3. The number of aliphatic hydroxyl groups excluding tert-OH is 1. The molecule has 1 aromatic carbocycles. The molecule has 0 aliphatic carbocycles. The Labute approximate surface area is 186 Å². The lowest BCUT2D eigenvalue weighted by Crippen LogP contribution is -2.32. The Bertz CT molecular complexity index is 728. The second kappa shape index (κ2) is 13.8. The van der Waals surface area contributed by atoms with Gasteiger partial charge in [-0.15, -0.1) is 0 Å². The number of unbranched alkanes of at least 4 members (excludes halogenated alkanes) is 2. The fourth-order valence-electron chi connectivity index (χ4n) is 3.91. The summed E-state index contributed by atoms with van der Waals surface area (Å²) in [5.41, 5.74) is 1.36. The normalized spacial score (nSPS) is 18.8. The van der Waals surface area contributed by atoms with Crippen LogP contribution < -0.4 is 0 Å². The molecule has 5 heteroatoms. The fraction of sp³-hybridized carbons (Fsp3) is 0.538. The third kappa shape index (κ3) is 9.52. The lowest BCUT2D eigenvalue weighted by atomic mass is 9.95. The highest BCUT2D eigenvalue weighted by atomic mass is 16.4. The van der Waals surface area contributed by atoms with Crippen LogP contribution in [0.25, 0.3) is 0 Å². The van der Waals surface area contributed by atoms with Crippen molar-refractivity contribution in [3.8, 4) is 0 Å². The van der Waals surface area contributed by atoms with E-state index in [1.807, 2.05) is 35.3 Å². The summed E-state index contributed by atoms with van der Waals surface area (Å²) >= 11 is 0. The molecule has 2 rings (SSSR count). The molecule has 1 heterocycles. The van der Waals surface area contributed by atoms with Crippen molar-refractivity contribution in [2.45, 2.75) is 76.9 Å². The molecule has 170 valence electrons. The van der Waals surface area contributed by atoms with Gasteiger partial charge in [-0.25, -0.2) is 0 Å². The SMILES string of the molecule is C[C@@H](CCCCc1ccccc1)[C@H](O)C=C[C@H]1CCC(=O)N1CC=CCCCC(=O)O. The maximum absolute atomic E-state index is 12.2. The van der Waals surface area contributed by atoms with E-state index in [2.05, 4.69) is 31.2 Å². The van der Waals surface area contributed by atoms with Crippen molar-refractivity contribution in [1.29, 1.82) is 0 Å². The summed E-state index contributed by atoms with van der Waals surface area (Å²) in [4.78, 5) is 24.5. The first-order valence-corrected chi connectivity index (χ1v) is 11.5. The molecular weight excluding hydrogens is 390 g/mol. The number of carbonyl (C=O) groups excluding carboxylic acids is 1. The third-order valence-corrected chi connectivity index (χ3v) is 5.94. The highest BCUT2D eigenvalue weighted by Gasteiger charge is 2.28. The van der Waals surface area contributed by atoms with Crippen LogP contribution in [0.2, 0.25) is 0 Å². The number of carboxylic acid groups (broad SMARTS) is 1. The first-order chi connectivity index (χ1) is 15.0. The molecule has 1 amide bonds. The topological polar surface area (TPSA) is 77.8 Å². The lowest BCUT2D eigenvalue weighted by Gasteiger charge is -2.22. The standard InChI is InChI=1S/C26H37NO4/c1-21(11-8-9-14-22-12-5-4-6-13-22)24(28)18-16-23-17-19-25(29)27(23)20-10-3-2-7-15-26(30)31/h3-6,10,12-13,16,18,21,23-24,28H,2,7-9,11,14-15,17,19-20H2,1H3,(H,30,31)/t21-,23-,24+/m0/s1. The van der Waals surface area contributed by atoms with Crippen LogP contribution >= 0.6 is 0 Å². The van der Waals surface area contributed by atoms with E-state index in [1.165, 1.54) is 5.56 Å². The number of carbonyl (C=O) groups is 2. The van der Waals surface area contributed by atoms with Crippen molar-refractivity contribution < 1.29 is 19.8 Å². The van der Waals surface area contributed by atoms with Gasteiger partial charge in [0.15, 0.2) is 0 Å². The highest BCUT2D eigenvalue weighted by Crippen LogP contribution is 2.21. The number of amides is 1. The summed E-state index contributed by atoms with van der Waals surface area (Å²) in [5.74, 6) is -0.461. The largest absolute Gasteiger partial charge is 0.481 e. The van der Waals surface area contributed by atoms with E-state index in [0.29, 0.717) is 25.8 Å². The Morgan fingerprint density at radius 3 is 2.71 bits per heavy atom. The zero-order valence-corrected chi connectivity index (χ0v) is 18.7. The van der Waals surface area contributed by atoms with Crippen LogP contribution in [0.1, 0.15) is 63.9 Å². The average Bonchev–Trinajstić information content (AvgIpc) is 3.11. The quantitative estimate of drug-likeness (QED) is 0.332. The molecule has 1 aromatic rings. The minimum atomic E-state index is -0.780. The number of carboxylic acids is 1. The van der Waals surface area contributed by atoms with Crippen molar-refractivity contribution in [3.63, 3.8) is 0 Å². The van der Waals surface area contributed by atoms with E-state index in [4.69, 9.17) is 5.11 Å². The number of likely N-dealkylation sites (tertiary alicyclic amines) is 1. The van der Waals surface area contributed by atoms with Gasteiger partial charge in [-0.2, -0.15) is 0 Å². The van der Waals surface area contributed by atoms with E-state index in [9.17, 15) is 14.7 Å². The van der Waals surface area contributed by atoms with Gasteiger partial charge in [-0.3, -0.25) is 9.59 Å². The summed E-state index contributed by atoms with van der Waals surface area (Å²) in [6.45, 7) is 2.61. The highest BCUT2D eigenvalue weighted by molar-refractivity contribution is 5.79. The summed E-state index contributed by atoms with van der Waals surface area (Å²) < 4.78 is 0. The van der Waals surface area contributed by atoms with Gasteiger partial charge in [-0.05, 0) is 50.0 Å². The first kappa shape index (κ1) is 24.9. The molecule has 1 saturated heterocycles. The van der Waals surface area contributed by atoms with Crippen molar-refractivity contribution in [1.82, 2.24) is 4.90 Å². The van der Waals surface area contributed by atoms with Gasteiger partial charge in [0.05, 0.1) is 12.1 Å². The van der Waals surface area contributed by atoms with Crippen LogP contribution in [-0.4, -0.2) is 45.7 Å². The van der Waals surface area contributed by atoms with Crippen LogP contribution in [-0.2, 0) is 16.0 Å². The minimum absolute atomic E-state index is 0.0242. The number of allylic oxidation sites excluding steroid dienone is 1. The molecule has 0 saturated carbocycles. The number of rotatable bonds is 14. The van der Waals surface area contributed by atoms with Crippen molar-refractivity contribution >= 4 is 11.9 Å². The predicted octanol–water partition coefficient (Wildman–Crippen LogP) is 4.75. The van der Waals surface area contributed by atoms with Gasteiger partial charge in [0.25, 0.3) is 0 Å². The van der Waals surface area contributed by atoms with Crippen molar-refractivity contribution in [2.75, 3.05) is 6.54 Å². The van der Waals surface area contributed by atoms with E-state index < -0.39 is 12.1 Å². The van der Waals surface area contributed by atoms with Crippen molar-refractivity contribution in [3.05, 3.63) is 60.2 Å². The average molecular weight is 428 g/mol. The number of benzene rings is 1. The minimum Gasteiger partial charge on any atom is -0.481 e. The lowest BCUT2D eigenvalue weighted by molar-refractivity contribution is -0.137. The number of hydrogen-bond acceptors (Lipinski definition) is 3.